The number of carbonyl (C=O) groups is 1. The van der Waals surface area contributed by atoms with E-state index in [9.17, 15) is 63.6 Å². The first kappa shape index (κ1) is 55.0. The van der Waals surface area contributed by atoms with E-state index in [1.54, 1.807) is 19.9 Å². The number of rotatable bonds is 18. The number of hydrogen-bond acceptors (Lipinski definition) is 18. The summed E-state index contributed by atoms with van der Waals surface area (Å²) in [5, 5.41) is 55.6. The Kier molecular flexibility index (Phi) is 15.8. The molecule has 2 aromatic heterocycles. The number of nitrogen functional groups attached to an aromatic ring is 1. The number of phenolic OH excluding ortho intramolecular Hbond substituents is 1. The molecule has 0 saturated carbocycles. The number of nitro benzene ring substituents is 1. The molecule has 4 heterocycles. The molecule has 2 aliphatic heterocycles. The quantitative estimate of drug-likeness (QED) is 0.0107. The number of aromatic carboxylic acids is 1. The van der Waals surface area contributed by atoms with Gasteiger partial charge in [0.15, 0.2) is 5.43 Å². The number of anilines is 1. The van der Waals surface area contributed by atoms with Gasteiger partial charge in [-0.3, -0.25) is 19.4 Å². The normalized spacial score (nSPS) is 18.1. The molecule has 8 rings (SSSR count). The number of nitrogens with one attached hydrogen (secondary N) is 1. The lowest BCUT2D eigenvalue weighted by Gasteiger charge is -2.22. The predicted octanol–water partition coefficient (Wildman–Crippen LogP) is 4.55. The summed E-state index contributed by atoms with van der Waals surface area (Å²) in [5.41, 5.74) is 7.72. The minimum Gasteiger partial charge on any atom is -0.508 e. The van der Waals surface area contributed by atoms with E-state index in [2.05, 4.69) is 39.9 Å². The molecule has 0 bridgehead atoms. The SMILES string of the molecule is CC(C)[C@H](OCc1cn([C@H]2C[C@H](O)[C@@H](COP(=O)(O)OP(=O)(O)OP(=O)(O)O)O2)c2ncnc(N)c12)c1ccc(C#CC[NH+]=C(O)c2ccc(C(=O)O)c(-c3c4ccc(=O)cc-4oc4cc(O)ccc34)c2)cc1[N+](=O)[O-]. The van der Waals surface area contributed by atoms with Gasteiger partial charge in [-0.1, -0.05) is 19.8 Å². The highest BCUT2D eigenvalue weighted by atomic mass is 31.3. The van der Waals surface area contributed by atoms with Gasteiger partial charge in [0.2, 0.25) is 6.54 Å². The number of hydrogen-bond donors (Lipinski definition) is 10. The molecule has 1 saturated heterocycles. The van der Waals surface area contributed by atoms with E-state index in [0.29, 0.717) is 27.5 Å². The van der Waals surface area contributed by atoms with Gasteiger partial charge in [0.05, 0.1) is 52.4 Å². The topological polar surface area (TPSA) is 420 Å². The zero-order valence-electron chi connectivity index (χ0n) is 39.4. The second kappa shape index (κ2) is 21.8. The highest BCUT2D eigenvalue weighted by Gasteiger charge is 2.43. The Labute approximate surface area is 427 Å². The van der Waals surface area contributed by atoms with Crippen molar-refractivity contribution < 1.29 is 95.4 Å². The molecule has 0 amide bonds. The summed E-state index contributed by atoms with van der Waals surface area (Å²) >= 11 is 0. The van der Waals surface area contributed by atoms with Gasteiger partial charge in [0, 0.05) is 58.5 Å². The molecule has 3 aromatic carbocycles. The van der Waals surface area contributed by atoms with Gasteiger partial charge in [-0.2, -0.15) is 13.6 Å². The third-order valence-electron chi connectivity index (χ3n) is 11.7. The summed E-state index contributed by atoms with van der Waals surface area (Å²) < 4.78 is 66.7. The maximum absolute atomic E-state index is 12.6. The summed E-state index contributed by atoms with van der Waals surface area (Å²) in [7, 11) is -17.0. The first-order valence-corrected chi connectivity index (χ1v) is 26.8. The van der Waals surface area contributed by atoms with Crippen molar-refractivity contribution in [3.05, 3.63) is 133 Å². The van der Waals surface area contributed by atoms with Gasteiger partial charge in [0.25, 0.3) is 5.69 Å². The predicted molar refractivity (Wildman–Crippen MR) is 264 cm³/mol. The molecule has 1 fully saturated rings. The number of fused-ring (bicyclic) bond motifs is 3. The van der Waals surface area contributed by atoms with E-state index in [1.165, 1.54) is 77.5 Å². The van der Waals surface area contributed by atoms with Crippen LogP contribution in [0.5, 0.6) is 5.75 Å². The average molecular weight is 1110 g/mol. The zero-order valence-corrected chi connectivity index (χ0v) is 42.1. The van der Waals surface area contributed by atoms with E-state index in [-0.39, 0.29) is 98.9 Å². The van der Waals surface area contributed by atoms with Crippen LogP contribution in [0, 0.1) is 27.9 Å². The standard InChI is InChI=1S/C46H43N6O21P3/c1-23(2)42(68-20-26-19-51(44-40(26)43(47)49-22-50-44)39-18-35(55)38(71-39)21-69-75(64,65)73-76(66,67)72-74(61,62)63)30-9-5-24(14-34(30)52(59)60)4-3-13-48-45(56)25-6-10-29(46(57)58)33(15-25)41-31-11-7-27(53)16-36(31)70-37-17-28(54)8-12-32(37)41/h5-12,14-17,19,22-23,35,38-39,42,53,55H,13,18,20-21H2,1-2H3,(H,48,56)(H,57,58)(H,64,65)(H,66,67)(H2,47,49,50)(H2,61,62,63)/p+1/t35-,38+,39+,42-/m0/s1. The Balaban J connectivity index is 0.988. The van der Waals surface area contributed by atoms with Crippen molar-refractivity contribution in [2.24, 2.45) is 5.92 Å². The number of nitro groups is 1. The molecule has 1 aliphatic carbocycles. The lowest BCUT2D eigenvalue weighted by molar-refractivity contribution is -0.450. The number of benzene rings is 4. The third-order valence-corrected chi connectivity index (χ3v) is 15.5. The lowest BCUT2D eigenvalue weighted by Crippen LogP contribution is -2.73. The first-order chi connectivity index (χ1) is 35.8. The number of phosphoric acid groups is 3. The van der Waals surface area contributed by atoms with Crippen molar-refractivity contribution in [2.45, 2.75) is 51.4 Å². The van der Waals surface area contributed by atoms with E-state index in [4.69, 9.17) is 29.4 Å². The van der Waals surface area contributed by atoms with Gasteiger partial charge >= 0.3 is 35.3 Å². The fraction of sp³-hybridized carbons (Fsp3) is 0.239. The average Bonchev–Trinajstić information content (AvgIpc) is 3.93. The zero-order chi connectivity index (χ0) is 55.0. The van der Waals surface area contributed by atoms with Crippen molar-refractivity contribution in [3.8, 4) is 40.0 Å². The number of phenols is 1. The van der Waals surface area contributed by atoms with Crippen LogP contribution in [0.1, 0.15) is 65.2 Å². The van der Waals surface area contributed by atoms with Crippen molar-refractivity contribution in [1.29, 1.82) is 0 Å². The van der Waals surface area contributed by atoms with E-state index in [0.717, 1.165) is 6.33 Å². The lowest BCUT2D eigenvalue weighted by atomic mass is 9.89. The Bertz CT molecular complexity index is 3720. The Morgan fingerprint density at radius 1 is 0.987 bits per heavy atom. The van der Waals surface area contributed by atoms with Crippen LogP contribution < -0.4 is 16.2 Å². The van der Waals surface area contributed by atoms with Gasteiger partial charge in [-0.25, -0.2) is 28.5 Å². The maximum atomic E-state index is 12.6. The van der Waals surface area contributed by atoms with Crippen molar-refractivity contribution >= 4 is 68.8 Å². The second-order valence-electron chi connectivity index (χ2n) is 17.2. The fourth-order valence-electron chi connectivity index (χ4n) is 8.47. The van der Waals surface area contributed by atoms with Crippen LogP contribution in [0.15, 0.2) is 94.5 Å². The smallest absolute Gasteiger partial charge is 0.490 e. The van der Waals surface area contributed by atoms with Crippen molar-refractivity contribution in [3.63, 3.8) is 0 Å². The van der Waals surface area contributed by atoms with Crippen LogP contribution in [-0.2, 0) is 42.9 Å². The van der Waals surface area contributed by atoms with Gasteiger partial charge < -0.3 is 64.2 Å². The Morgan fingerprint density at radius 2 is 1.75 bits per heavy atom. The monoisotopic (exact) mass is 1110 g/mol. The van der Waals surface area contributed by atoms with E-state index >= 15 is 0 Å². The number of aliphatic hydroxyl groups is 2. The maximum Gasteiger partial charge on any atom is 0.490 e. The number of aromatic nitrogens is 3. The minimum atomic E-state index is -5.81. The first-order valence-electron chi connectivity index (χ1n) is 22.3. The van der Waals surface area contributed by atoms with Crippen LogP contribution in [0.3, 0.4) is 0 Å². The third kappa shape index (κ3) is 12.4. The second-order valence-corrected chi connectivity index (χ2v) is 21.6. The number of nitrogens with two attached hydrogens (primary N) is 1. The molecule has 0 spiro atoms. The number of aromatic hydroxyl groups is 1. The molecular formula is C46H44N6O21P3+. The van der Waals surface area contributed by atoms with Crippen LogP contribution in [0.25, 0.3) is 44.5 Å². The van der Waals surface area contributed by atoms with Crippen LogP contribution in [0.2, 0.25) is 0 Å². The summed E-state index contributed by atoms with van der Waals surface area (Å²) in [6.45, 7) is 2.23. The van der Waals surface area contributed by atoms with Gasteiger partial charge in [-0.05, 0) is 72.0 Å². The van der Waals surface area contributed by atoms with Gasteiger partial charge in [-0.15, -0.1) is 0 Å². The number of aliphatic hydroxyl groups excluding tert-OH is 2. The minimum absolute atomic E-state index is 0.0101. The number of carboxylic acid groups (broad SMARTS) is 1. The number of phosphoric ester groups is 1. The fourth-order valence-corrected chi connectivity index (χ4v) is 11.5. The number of ether oxygens (including phenoxy) is 2. The summed E-state index contributed by atoms with van der Waals surface area (Å²) in [6, 6.07) is 16.7. The van der Waals surface area contributed by atoms with Gasteiger partial charge in [0.1, 0.15) is 47.2 Å². The highest BCUT2D eigenvalue weighted by molar-refractivity contribution is 7.66. The Hall–Kier alpha value is -7.24. The van der Waals surface area contributed by atoms with Crippen LogP contribution in [0.4, 0.5) is 11.5 Å². The summed E-state index contributed by atoms with van der Waals surface area (Å²) in [5.74, 6) is 3.63. The molecule has 2 unspecified atom stereocenters. The van der Waals surface area contributed by atoms with Crippen LogP contribution >= 0.6 is 23.5 Å². The Morgan fingerprint density at radius 3 is 2.46 bits per heavy atom. The summed E-state index contributed by atoms with van der Waals surface area (Å²) in [6.07, 6.45) is -2.20. The van der Waals surface area contributed by atoms with Crippen molar-refractivity contribution in [2.75, 3.05) is 18.9 Å². The molecule has 398 valence electrons. The summed E-state index contributed by atoms with van der Waals surface area (Å²) in [4.78, 5) is 84.8. The molecule has 6 atom stereocenters. The van der Waals surface area contributed by atoms with Crippen molar-refractivity contribution in [1.82, 2.24) is 14.5 Å². The molecule has 11 N–H and O–H groups in total. The highest BCUT2D eigenvalue weighted by Crippen LogP contribution is 2.66. The number of nitrogens with zero attached hydrogens (tertiary/aromatic N) is 4. The van der Waals surface area contributed by atoms with Crippen LogP contribution in [-0.4, -0.2) is 96.7 Å². The van der Waals surface area contributed by atoms with E-state index in [1.807, 2.05) is 0 Å². The van der Waals surface area contributed by atoms with E-state index < -0.39 is 65.5 Å². The molecule has 30 heteroatoms. The molecule has 0 radical (unpaired) electrons. The molecule has 76 heavy (non-hydrogen) atoms. The molecule has 3 aliphatic rings. The number of carboxylic acids is 1. The molecule has 27 nitrogen and oxygen atoms in total. The molecule has 5 aromatic rings. The molecular weight excluding hydrogens is 1070 g/mol. The largest absolute Gasteiger partial charge is 0.508 e.